The highest BCUT2D eigenvalue weighted by Gasteiger charge is 2.17. The highest BCUT2D eigenvalue weighted by Crippen LogP contribution is 2.07. The van der Waals surface area contributed by atoms with E-state index in [2.05, 4.69) is 35.7 Å². The number of unbranched alkanes of at least 4 members (excludes halogenated alkanes) is 1. The Morgan fingerprint density at radius 1 is 1.50 bits per heavy atom. The molecule has 20 heavy (non-hydrogen) atoms. The average Bonchev–Trinajstić information content (AvgIpc) is 2.91. The fraction of sp³-hybridized carbons (Fsp3) is 0.667. The molecule has 2 atom stereocenters. The Bertz CT molecular complexity index is 318. The smallest absolute Gasteiger partial charge is 0.320 e. The molecule has 0 spiro atoms. The second kappa shape index (κ2) is 10.3. The largest absolute Gasteiger partial charge is 0.480 e. The predicted molar refractivity (Wildman–Crippen MR) is 82.7 cm³/mol. The van der Waals surface area contributed by atoms with Crippen LogP contribution in [0.3, 0.4) is 0 Å². The van der Waals surface area contributed by atoms with Crippen LogP contribution in [0.15, 0.2) is 25.2 Å². The van der Waals surface area contributed by atoms with Gasteiger partial charge >= 0.3 is 5.97 Å². The third-order valence-electron chi connectivity index (χ3n) is 3.39. The van der Waals surface area contributed by atoms with Gasteiger partial charge in [-0.1, -0.05) is 40.2 Å². The van der Waals surface area contributed by atoms with Crippen molar-refractivity contribution in [3.8, 4) is 0 Å². The van der Waals surface area contributed by atoms with Gasteiger partial charge in [0.25, 0.3) is 0 Å². The zero-order valence-electron chi connectivity index (χ0n) is 13.0. The Balaban J connectivity index is 0.000000370. The van der Waals surface area contributed by atoms with Gasteiger partial charge in [0.05, 0.1) is 6.67 Å². The summed E-state index contributed by atoms with van der Waals surface area (Å²) in [5, 5.41) is 8.36. The molecule has 1 rings (SSSR count). The van der Waals surface area contributed by atoms with E-state index in [0.717, 1.165) is 19.6 Å². The molecule has 3 N–H and O–H groups in total. The minimum atomic E-state index is -0.913. The van der Waals surface area contributed by atoms with Crippen molar-refractivity contribution in [1.82, 2.24) is 9.80 Å². The van der Waals surface area contributed by atoms with Gasteiger partial charge in [-0.15, -0.1) is 0 Å². The molecule has 0 radical (unpaired) electrons. The Labute approximate surface area is 122 Å². The number of nitrogens with two attached hydrogens (primary N) is 1. The summed E-state index contributed by atoms with van der Waals surface area (Å²) >= 11 is 0. The molecule has 116 valence electrons. The van der Waals surface area contributed by atoms with Crippen LogP contribution in [-0.4, -0.2) is 40.1 Å². The SMILES string of the molecule is C=CN1C=CN(CCCC)C1.CC[C@H](C)[C@H](N)C(=O)O. The van der Waals surface area contributed by atoms with Gasteiger partial charge in [0.1, 0.15) is 6.04 Å². The predicted octanol–water partition coefficient (Wildman–Crippen LogP) is 2.42. The average molecular weight is 283 g/mol. The van der Waals surface area contributed by atoms with Crippen molar-refractivity contribution in [3.63, 3.8) is 0 Å². The maximum absolute atomic E-state index is 10.2. The van der Waals surface area contributed by atoms with E-state index in [4.69, 9.17) is 10.8 Å². The van der Waals surface area contributed by atoms with E-state index in [0.29, 0.717) is 0 Å². The maximum Gasteiger partial charge on any atom is 0.320 e. The van der Waals surface area contributed by atoms with Crippen molar-refractivity contribution in [1.29, 1.82) is 0 Å². The lowest BCUT2D eigenvalue weighted by atomic mass is 10.0. The zero-order chi connectivity index (χ0) is 15.5. The van der Waals surface area contributed by atoms with Crippen molar-refractivity contribution in [2.24, 2.45) is 11.7 Å². The molecular weight excluding hydrogens is 254 g/mol. The molecule has 0 aromatic rings. The van der Waals surface area contributed by atoms with Crippen LogP contribution in [-0.2, 0) is 4.79 Å². The summed E-state index contributed by atoms with van der Waals surface area (Å²) in [6, 6.07) is -0.699. The third-order valence-corrected chi connectivity index (χ3v) is 3.39. The molecule has 0 amide bonds. The van der Waals surface area contributed by atoms with Gasteiger partial charge in [-0.25, -0.2) is 0 Å². The molecule has 0 aromatic heterocycles. The van der Waals surface area contributed by atoms with Crippen molar-refractivity contribution in [3.05, 3.63) is 25.2 Å². The first-order valence-corrected chi connectivity index (χ1v) is 7.25. The topological polar surface area (TPSA) is 69.8 Å². The second-order valence-electron chi connectivity index (χ2n) is 5.05. The number of carboxylic acids is 1. The molecule has 1 aliphatic rings. The summed E-state index contributed by atoms with van der Waals surface area (Å²) in [5.41, 5.74) is 5.27. The zero-order valence-corrected chi connectivity index (χ0v) is 13.0. The fourth-order valence-electron chi connectivity index (χ4n) is 1.61. The highest BCUT2D eigenvalue weighted by molar-refractivity contribution is 5.73. The molecule has 0 bridgehead atoms. The molecule has 0 aromatic carbocycles. The molecule has 0 unspecified atom stereocenters. The molecule has 1 aliphatic heterocycles. The monoisotopic (exact) mass is 283 g/mol. The van der Waals surface area contributed by atoms with Gasteiger partial charge in [-0.2, -0.15) is 0 Å². The molecule has 5 nitrogen and oxygen atoms in total. The minimum Gasteiger partial charge on any atom is -0.480 e. The van der Waals surface area contributed by atoms with Crippen molar-refractivity contribution < 1.29 is 9.90 Å². The lowest BCUT2D eigenvalue weighted by Gasteiger charge is -2.17. The molecule has 0 saturated heterocycles. The number of hydrogen-bond donors (Lipinski definition) is 2. The Morgan fingerprint density at radius 3 is 2.50 bits per heavy atom. The number of carboxylic acid groups (broad SMARTS) is 1. The first-order valence-electron chi connectivity index (χ1n) is 7.25. The summed E-state index contributed by atoms with van der Waals surface area (Å²) in [5.74, 6) is -0.841. The normalized spacial score (nSPS) is 16.4. The van der Waals surface area contributed by atoms with Gasteiger partial charge < -0.3 is 20.6 Å². The van der Waals surface area contributed by atoms with Crippen molar-refractivity contribution >= 4 is 5.97 Å². The van der Waals surface area contributed by atoms with E-state index in [1.807, 2.05) is 20.0 Å². The molecular formula is C15H29N3O2. The Hall–Kier alpha value is -1.49. The van der Waals surface area contributed by atoms with Crippen LogP contribution in [0.4, 0.5) is 0 Å². The van der Waals surface area contributed by atoms with E-state index in [9.17, 15) is 4.79 Å². The van der Waals surface area contributed by atoms with Crippen LogP contribution in [0.25, 0.3) is 0 Å². The van der Waals surface area contributed by atoms with Gasteiger partial charge in [0.15, 0.2) is 0 Å². The number of hydrogen-bond acceptors (Lipinski definition) is 4. The van der Waals surface area contributed by atoms with Crippen LogP contribution >= 0.6 is 0 Å². The molecule has 0 saturated carbocycles. The molecule has 0 fully saturated rings. The van der Waals surface area contributed by atoms with E-state index in [1.54, 1.807) is 0 Å². The number of nitrogens with zero attached hydrogens (tertiary/aromatic N) is 2. The van der Waals surface area contributed by atoms with Crippen molar-refractivity contribution in [2.75, 3.05) is 13.2 Å². The maximum atomic E-state index is 10.2. The molecule has 0 aliphatic carbocycles. The minimum absolute atomic E-state index is 0.0718. The summed E-state index contributed by atoms with van der Waals surface area (Å²) in [6.45, 7) is 11.8. The number of aliphatic carboxylic acids is 1. The highest BCUT2D eigenvalue weighted by atomic mass is 16.4. The van der Waals surface area contributed by atoms with Gasteiger partial charge in [-0.05, 0) is 18.5 Å². The summed E-state index contributed by atoms with van der Waals surface area (Å²) in [4.78, 5) is 14.6. The van der Waals surface area contributed by atoms with Crippen LogP contribution < -0.4 is 5.73 Å². The number of carbonyl (C=O) groups is 1. The van der Waals surface area contributed by atoms with E-state index >= 15 is 0 Å². The first-order chi connectivity index (χ1) is 9.46. The van der Waals surface area contributed by atoms with Gasteiger partial charge in [-0.3, -0.25) is 4.79 Å². The standard InChI is InChI=1S/C9H16N2.C6H13NO2/c1-3-5-6-11-8-7-10(4-2)9-11;1-3-4(2)5(7)6(8)9/h4,7-8H,2-3,5-6,9H2,1H3;4-5H,3,7H2,1-2H3,(H,8,9)/t;4-,5-/m.0/s1. The summed E-state index contributed by atoms with van der Waals surface area (Å²) in [7, 11) is 0. The fourth-order valence-corrected chi connectivity index (χ4v) is 1.61. The lowest BCUT2D eigenvalue weighted by Crippen LogP contribution is -2.36. The van der Waals surface area contributed by atoms with E-state index in [-0.39, 0.29) is 5.92 Å². The second-order valence-corrected chi connectivity index (χ2v) is 5.05. The summed E-state index contributed by atoms with van der Waals surface area (Å²) < 4.78 is 0. The molecule has 1 heterocycles. The van der Waals surface area contributed by atoms with Crippen LogP contribution in [0, 0.1) is 5.92 Å². The van der Waals surface area contributed by atoms with Crippen LogP contribution in [0.2, 0.25) is 0 Å². The van der Waals surface area contributed by atoms with Gasteiger partial charge in [0, 0.05) is 18.9 Å². The van der Waals surface area contributed by atoms with Crippen molar-refractivity contribution in [2.45, 2.75) is 46.1 Å². The van der Waals surface area contributed by atoms with E-state index in [1.165, 1.54) is 12.8 Å². The Morgan fingerprint density at radius 2 is 2.15 bits per heavy atom. The quantitative estimate of drug-likeness (QED) is 0.751. The van der Waals surface area contributed by atoms with Crippen LogP contribution in [0.1, 0.15) is 40.0 Å². The van der Waals surface area contributed by atoms with E-state index < -0.39 is 12.0 Å². The third kappa shape index (κ3) is 7.19. The summed E-state index contributed by atoms with van der Waals surface area (Å²) in [6.07, 6.45) is 9.38. The van der Waals surface area contributed by atoms with Gasteiger partial charge in [0.2, 0.25) is 0 Å². The first kappa shape index (κ1) is 18.5. The molecule has 5 heteroatoms. The Kier molecular flexibility index (Phi) is 9.55. The number of rotatable bonds is 7. The van der Waals surface area contributed by atoms with Crippen LogP contribution in [0.5, 0.6) is 0 Å². The lowest BCUT2D eigenvalue weighted by molar-refractivity contribution is -0.139.